The predicted octanol–water partition coefficient (Wildman–Crippen LogP) is -1.69. The molecule has 0 aliphatic heterocycles. The Hall–Kier alpha value is -0.160. The van der Waals surface area contributed by atoms with Crippen LogP contribution < -0.4 is 5.73 Å². The average molecular weight is 135 g/mol. The van der Waals surface area contributed by atoms with Crippen LogP contribution in [-0.2, 0) is 4.74 Å². The third-order valence-corrected chi connectivity index (χ3v) is 0.911. The van der Waals surface area contributed by atoms with Crippen molar-refractivity contribution in [2.45, 2.75) is 6.10 Å². The Kier molecular flexibility index (Phi) is 5.86. The molecule has 0 heterocycles. The fourth-order valence-electron chi connectivity index (χ4n) is 0.415. The Morgan fingerprint density at radius 1 is 1.44 bits per heavy atom. The number of ether oxygens (including phenoxy) is 1. The number of hydrogen-bond acceptors (Lipinski definition) is 4. The lowest BCUT2D eigenvalue weighted by atomic mass is 10.4. The van der Waals surface area contributed by atoms with Crippen LogP contribution in [0.3, 0.4) is 0 Å². The maximum absolute atomic E-state index is 8.47. The molecule has 0 bridgehead atoms. The molecule has 0 fully saturated rings. The SMILES string of the molecule is NCC(CO)OCCO. The summed E-state index contributed by atoms with van der Waals surface area (Å²) < 4.78 is 4.86. The third-order valence-electron chi connectivity index (χ3n) is 0.911. The topological polar surface area (TPSA) is 75.7 Å². The first kappa shape index (κ1) is 8.84. The number of rotatable bonds is 5. The van der Waals surface area contributed by atoms with Crippen molar-refractivity contribution in [1.82, 2.24) is 0 Å². The summed E-state index contributed by atoms with van der Waals surface area (Å²) in [6, 6.07) is 0. The number of hydrogen-bond donors (Lipinski definition) is 3. The average Bonchev–Trinajstić information content (AvgIpc) is 1.91. The Morgan fingerprint density at radius 3 is 2.44 bits per heavy atom. The molecule has 0 spiro atoms. The summed E-state index contributed by atoms with van der Waals surface area (Å²) in [4.78, 5) is 0. The van der Waals surface area contributed by atoms with Gasteiger partial charge in [-0.15, -0.1) is 0 Å². The third kappa shape index (κ3) is 4.35. The molecule has 0 rings (SSSR count). The van der Waals surface area contributed by atoms with Gasteiger partial charge in [-0.05, 0) is 0 Å². The smallest absolute Gasteiger partial charge is 0.0928 e. The molecule has 0 radical (unpaired) electrons. The van der Waals surface area contributed by atoms with Crippen LogP contribution in [0.15, 0.2) is 0 Å². The largest absolute Gasteiger partial charge is 0.394 e. The van der Waals surface area contributed by atoms with Crippen LogP contribution in [0.5, 0.6) is 0 Å². The molecule has 0 saturated heterocycles. The van der Waals surface area contributed by atoms with Gasteiger partial charge in [0.15, 0.2) is 0 Å². The van der Waals surface area contributed by atoms with Gasteiger partial charge in [0.05, 0.1) is 25.9 Å². The van der Waals surface area contributed by atoms with E-state index in [1.807, 2.05) is 0 Å². The highest BCUT2D eigenvalue weighted by Crippen LogP contribution is 1.85. The summed E-state index contributed by atoms with van der Waals surface area (Å²) in [5.74, 6) is 0. The highest BCUT2D eigenvalue weighted by molar-refractivity contribution is 4.54. The molecule has 0 saturated carbocycles. The summed E-state index contributed by atoms with van der Waals surface area (Å²) in [7, 11) is 0. The minimum Gasteiger partial charge on any atom is -0.394 e. The van der Waals surface area contributed by atoms with E-state index >= 15 is 0 Å². The molecule has 1 atom stereocenters. The fourth-order valence-corrected chi connectivity index (χ4v) is 0.415. The minimum absolute atomic E-state index is 0.0312. The van der Waals surface area contributed by atoms with Crippen molar-refractivity contribution in [3.8, 4) is 0 Å². The zero-order valence-corrected chi connectivity index (χ0v) is 5.29. The Bertz CT molecular complexity index is 56.2. The quantitative estimate of drug-likeness (QED) is 0.420. The van der Waals surface area contributed by atoms with E-state index in [-0.39, 0.29) is 32.5 Å². The fraction of sp³-hybridized carbons (Fsp3) is 1.00. The van der Waals surface area contributed by atoms with Crippen molar-refractivity contribution in [2.24, 2.45) is 5.73 Å². The molecule has 0 aromatic carbocycles. The van der Waals surface area contributed by atoms with Crippen LogP contribution >= 0.6 is 0 Å². The number of aliphatic hydroxyl groups is 2. The lowest BCUT2D eigenvalue weighted by molar-refractivity contribution is 0.00200. The van der Waals surface area contributed by atoms with E-state index in [4.69, 9.17) is 20.7 Å². The summed E-state index contributed by atoms with van der Waals surface area (Å²) in [6.45, 7) is 0.409. The van der Waals surface area contributed by atoms with E-state index in [0.717, 1.165) is 0 Å². The van der Waals surface area contributed by atoms with Crippen molar-refractivity contribution in [3.63, 3.8) is 0 Å². The summed E-state index contributed by atoms with van der Waals surface area (Å²) in [6.07, 6.45) is -0.322. The van der Waals surface area contributed by atoms with Gasteiger partial charge in [0, 0.05) is 6.54 Å². The first-order valence-corrected chi connectivity index (χ1v) is 2.88. The van der Waals surface area contributed by atoms with Crippen LogP contribution in [0.2, 0.25) is 0 Å². The van der Waals surface area contributed by atoms with Crippen LogP contribution in [0.25, 0.3) is 0 Å². The number of aliphatic hydroxyl groups excluding tert-OH is 2. The van der Waals surface area contributed by atoms with Gasteiger partial charge in [-0.2, -0.15) is 0 Å². The minimum atomic E-state index is -0.322. The molecule has 0 aliphatic carbocycles. The molecule has 4 nitrogen and oxygen atoms in total. The summed E-state index contributed by atoms with van der Waals surface area (Å²) in [5, 5.41) is 16.7. The van der Waals surface area contributed by atoms with Gasteiger partial charge in [-0.3, -0.25) is 0 Å². The van der Waals surface area contributed by atoms with E-state index in [0.29, 0.717) is 0 Å². The maximum atomic E-state index is 8.47. The maximum Gasteiger partial charge on any atom is 0.0928 e. The van der Waals surface area contributed by atoms with Gasteiger partial charge in [-0.25, -0.2) is 0 Å². The molecule has 9 heavy (non-hydrogen) atoms. The molecule has 0 amide bonds. The molecule has 56 valence electrons. The highest BCUT2D eigenvalue weighted by atomic mass is 16.5. The van der Waals surface area contributed by atoms with E-state index < -0.39 is 0 Å². The molecular weight excluding hydrogens is 122 g/mol. The lowest BCUT2D eigenvalue weighted by Gasteiger charge is -2.10. The van der Waals surface area contributed by atoms with Crippen LogP contribution in [0, 0.1) is 0 Å². The normalized spacial score (nSPS) is 13.7. The van der Waals surface area contributed by atoms with Gasteiger partial charge in [0.2, 0.25) is 0 Å². The first-order chi connectivity index (χ1) is 4.35. The highest BCUT2D eigenvalue weighted by Gasteiger charge is 2.02. The Labute approximate surface area is 54.2 Å². The second-order valence-corrected chi connectivity index (χ2v) is 1.63. The van der Waals surface area contributed by atoms with E-state index in [1.54, 1.807) is 0 Å². The molecule has 0 aromatic heterocycles. The van der Waals surface area contributed by atoms with Crippen molar-refractivity contribution in [2.75, 3.05) is 26.4 Å². The van der Waals surface area contributed by atoms with Crippen LogP contribution in [-0.4, -0.2) is 42.7 Å². The zero-order chi connectivity index (χ0) is 7.11. The van der Waals surface area contributed by atoms with Crippen LogP contribution in [0.1, 0.15) is 0 Å². The van der Waals surface area contributed by atoms with Crippen molar-refractivity contribution in [1.29, 1.82) is 0 Å². The summed E-state index contributed by atoms with van der Waals surface area (Å²) >= 11 is 0. The Morgan fingerprint density at radius 2 is 2.11 bits per heavy atom. The van der Waals surface area contributed by atoms with Gasteiger partial charge in [0.25, 0.3) is 0 Å². The summed E-state index contributed by atoms with van der Waals surface area (Å²) in [5.41, 5.74) is 5.16. The van der Waals surface area contributed by atoms with Gasteiger partial charge in [-0.1, -0.05) is 0 Å². The zero-order valence-electron chi connectivity index (χ0n) is 5.29. The standard InChI is InChI=1S/C5H13NO3/c6-3-5(4-8)9-2-1-7/h5,7-8H,1-4,6H2. The van der Waals surface area contributed by atoms with E-state index in [2.05, 4.69) is 0 Å². The Balaban J connectivity index is 3.09. The van der Waals surface area contributed by atoms with Gasteiger partial charge < -0.3 is 20.7 Å². The lowest BCUT2D eigenvalue weighted by Crippen LogP contribution is -2.28. The second kappa shape index (κ2) is 5.97. The van der Waals surface area contributed by atoms with E-state index in [1.165, 1.54) is 0 Å². The molecule has 4 N–H and O–H groups in total. The second-order valence-electron chi connectivity index (χ2n) is 1.63. The molecule has 0 aromatic rings. The van der Waals surface area contributed by atoms with Crippen molar-refractivity contribution < 1.29 is 14.9 Å². The number of nitrogens with two attached hydrogens (primary N) is 1. The van der Waals surface area contributed by atoms with Gasteiger partial charge >= 0.3 is 0 Å². The van der Waals surface area contributed by atoms with E-state index in [9.17, 15) is 0 Å². The molecule has 0 aliphatic rings. The molecule has 4 heteroatoms. The van der Waals surface area contributed by atoms with Gasteiger partial charge in [0.1, 0.15) is 0 Å². The molecular formula is C5H13NO3. The first-order valence-electron chi connectivity index (χ1n) is 2.88. The molecule has 1 unspecified atom stereocenters. The monoisotopic (exact) mass is 135 g/mol. The van der Waals surface area contributed by atoms with Crippen LogP contribution in [0.4, 0.5) is 0 Å². The van der Waals surface area contributed by atoms with Crippen molar-refractivity contribution in [3.05, 3.63) is 0 Å². The predicted molar refractivity (Wildman–Crippen MR) is 33.0 cm³/mol. The van der Waals surface area contributed by atoms with Crippen molar-refractivity contribution >= 4 is 0 Å².